The second-order valence-electron chi connectivity index (χ2n) is 5.58. The van der Waals surface area contributed by atoms with Gasteiger partial charge < -0.3 is 5.11 Å². The molecule has 0 radical (unpaired) electrons. The van der Waals surface area contributed by atoms with E-state index in [9.17, 15) is 14.3 Å². The zero-order valence-corrected chi connectivity index (χ0v) is 12.1. The molecule has 2 atom stereocenters. The molecule has 1 N–H and O–H groups in total. The van der Waals surface area contributed by atoms with Crippen LogP contribution in [0.5, 0.6) is 0 Å². The Bertz CT molecular complexity index is 900. The molecule has 1 aromatic heterocycles. The molecule has 1 aliphatic rings. The molecule has 6 heteroatoms. The first kappa shape index (κ1) is 13.9. The van der Waals surface area contributed by atoms with Gasteiger partial charge in [-0.3, -0.25) is 4.57 Å². The van der Waals surface area contributed by atoms with Gasteiger partial charge in [0.25, 0.3) is 0 Å². The number of fused-ring (bicyclic) bond motifs is 1. The van der Waals surface area contributed by atoms with E-state index in [1.165, 1.54) is 33.5 Å². The van der Waals surface area contributed by atoms with Crippen molar-refractivity contribution in [3.05, 3.63) is 82.3 Å². The van der Waals surface area contributed by atoms with Gasteiger partial charge in [0.1, 0.15) is 11.9 Å². The van der Waals surface area contributed by atoms with Crippen LogP contribution in [0.15, 0.2) is 59.4 Å². The van der Waals surface area contributed by atoms with E-state index in [1.54, 1.807) is 0 Å². The SMILES string of the molecule is O=c1n(-c2ccc(F)cc2)nc2n1C(c1ccccc1)CC2O. The topological polar surface area (TPSA) is 60.0 Å². The predicted octanol–water partition coefficient (Wildman–Crippen LogP) is 2.20. The summed E-state index contributed by atoms with van der Waals surface area (Å²) in [6.45, 7) is 0. The summed E-state index contributed by atoms with van der Waals surface area (Å²) in [7, 11) is 0. The summed E-state index contributed by atoms with van der Waals surface area (Å²) in [6.07, 6.45) is -0.374. The van der Waals surface area contributed by atoms with Gasteiger partial charge in [-0.05, 0) is 29.8 Å². The minimum atomic E-state index is -0.797. The molecule has 2 unspecified atom stereocenters. The minimum Gasteiger partial charge on any atom is -0.385 e. The average Bonchev–Trinajstić information content (AvgIpc) is 3.08. The first-order valence-electron chi connectivity index (χ1n) is 7.35. The van der Waals surface area contributed by atoms with E-state index in [2.05, 4.69) is 5.10 Å². The lowest BCUT2D eigenvalue weighted by atomic mass is 10.0. The smallest absolute Gasteiger partial charge is 0.351 e. The lowest BCUT2D eigenvalue weighted by Crippen LogP contribution is -2.26. The van der Waals surface area contributed by atoms with Crippen LogP contribution in [0, 0.1) is 5.82 Å². The van der Waals surface area contributed by atoms with Crippen molar-refractivity contribution in [2.45, 2.75) is 18.6 Å². The van der Waals surface area contributed by atoms with Crippen molar-refractivity contribution in [1.82, 2.24) is 14.3 Å². The molecule has 5 nitrogen and oxygen atoms in total. The Hall–Kier alpha value is -2.73. The van der Waals surface area contributed by atoms with Crippen molar-refractivity contribution in [2.24, 2.45) is 0 Å². The molecular weight excluding hydrogens is 297 g/mol. The number of hydrogen-bond acceptors (Lipinski definition) is 3. The summed E-state index contributed by atoms with van der Waals surface area (Å²) in [4.78, 5) is 12.7. The van der Waals surface area contributed by atoms with Crippen molar-refractivity contribution < 1.29 is 9.50 Å². The van der Waals surface area contributed by atoms with Gasteiger partial charge in [-0.15, -0.1) is 5.10 Å². The Kier molecular flexibility index (Phi) is 3.12. The standard InChI is InChI=1S/C17H14FN3O2/c18-12-6-8-13(9-7-12)21-17(23)20-14(10-15(22)16(20)19-21)11-4-2-1-3-5-11/h1-9,14-15,22H,10H2. The number of rotatable bonds is 2. The Morgan fingerprint density at radius 3 is 2.48 bits per heavy atom. The molecule has 0 bridgehead atoms. The number of aliphatic hydroxyl groups is 1. The second-order valence-corrected chi connectivity index (χ2v) is 5.58. The number of hydrogen-bond donors (Lipinski definition) is 1. The van der Waals surface area contributed by atoms with Crippen LogP contribution in [-0.2, 0) is 0 Å². The maximum atomic E-state index is 13.1. The number of nitrogens with zero attached hydrogens (tertiary/aromatic N) is 3. The van der Waals surface area contributed by atoms with E-state index >= 15 is 0 Å². The molecule has 0 amide bonds. The molecule has 0 spiro atoms. The molecule has 0 fully saturated rings. The zero-order chi connectivity index (χ0) is 16.0. The van der Waals surface area contributed by atoms with Crippen LogP contribution in [0.2, 0.25) is 0 Å². The summed E-state index contributed by atoms with van der Waals surface area (Å²) >= 11 is 0. The number of benzene rings is 2. The molecule has 3 aromatic rings. The fourth-order valence-corrected chi connectivity index (χ4v) is 3.05. The summed E-state index contributed by atoms with van der Waals surface area (Å²) in [5.41, 5.74) is 1.08. The largest absolute Gasteiger partial charge is 0.385 e. The van der Waals surface area contributed by atoms with Crippen molar-refractivity contribution in [3.8, 4) is 5.69 Å². The lowest BCUT2D eigenvalue weighted by Gasteiger charge is -2.12. The second kappa shape index (κ2) is 5.17. The van der Waals surface area contributed by atoms with Crippen LogP contribution < -0.4 is 5.69 Å². The van der Waals surface area contributed by atoms with Crippen molar-refractivity contribution >= 4 is 0 Å². The molecule has 2 aromatic carbocycles. The highest BCUT2D eigenvalue weighted by Crippen LogP contribution is 2.36. The highest BCUT2D eigenvalue weighted by molar-refractivity contribution is 5.32. The number of halogens is 1. The molecule has 1 aliphatic heterocycles. The maximum absolute atomic E-state index is 13.1. The van der Waals surface area contributed by atoms with Gasteiger partial charge in [0.2, 0.25) is 0 Å². The Morgan fingerprint density at radius 1 is 1.09 bits per heavy atom. The highest BCUT2D eigenvalue weighted by Gasteiger charge is 2.35. The molecule has 4 rings (SSSR count). The monoisotopic (exact) mass is 311 g/mol. The van der Waals surface area contributed by atoms with E-state index in [1.807, 2.05) is 30.3 Å². The molecule has 23 heavy (non-hydrogen) atoms. The Balaban J connectivity index is 1.85. The van der Waals surface area contributed by atoms with Crippen LogP contribution in [0.1, 0.15) is 30.0 Å². The van der Waals surface area contributed by atoms with E-state index in [-0.39, 0.29) is 17.5 Å². The normalized spacial score (nSPS) is 19.7. The van der Waals surface area contributed by atoms with Crippen LogP contribution in [0.25, 0.3) is 5.69 Å². The van der Waals surface area contributed by atoms with Gasteiger partial charge >= 0.3 is 5.69 Å². The molecule has 116 valence electrons. The fraction of sp³-hybridized carbons (Fsp3) is 0.176. The summed E-state index contributed by atoms with van der Waals surface area (Å²) < 4.78 is 15.8. The van der Waals surface area contributed by atoms with E-state index in [4.69, 9.17) is 0 Å². The van der Waals surface area contributed by atoms with E-state index in [0.29, 0.717) is 17.9 Å². The van der Waals surface area contributed by atoms with Crippen molar-refractivity contribution in [3.63, 3.8) is 0 Å². The van der Waals surface area contributed by atoms with Crippen LogP contribution in [0.3, 0.4) is 0 Å². The van der Waals surface area contributed by atoms with E-state index in [0.717, 1.165) is 5.56 Å². The quantitative estimate of drug-likeness (QED) is 0.789. The summed E-state index contributed by atoms with van der Waals surface area (Å²) in [6, 6.07) is 14.8. The summed E-state index contributed by atoms with van der Waals surface area (Å²) in [5.74, 6) is -0.0380. The molecule has 0 saturated carbocycles. The highest BCUT2D eigenvalue weighted by atomic mass is 19.1. The van der Waals surface area contributed by atoms with E-state index < -0.39 is 6.10 Å². The van der Waals surface area contributed by atoms with Crippen LogP contribution in [0.4, 0.5) is 4.39 Å². The van der Waals surface area contributed by atoms with Crippen LogP contribution >= 0.6 is 0 Å². The van der Waals surface area contributed by atoms with Gasteiger partial charge in [0.05, 0.1) is 11.7 Å². The third-order valence-corrected chi connectivity index (χ3v) is 4.15. The van der Waals surface area contributed by atoms with Gasteiger partial charge in [-0.25, -0.2) is 9.18 Å². The predicted molar refractivity (Wildman–Crippen MR) is 81.9 cm³/mol. The maximum Gasteiger partial charge on any atom is 0.351 e. The third kappa shape index (κ3) is 2.19. The number of aliphatic hydroxyl groups excluding tert-OH is 1. The van der Waals surface area contributed by atoms with Gasteiger partial charge in [0, 0.05) is 6.42 Å². The molecule has 2 heterocycles. The Morgan fingerprint density at radius 2 is 1.78 bits per heavy atom. The van der Waals surface area contributed by atoms with Crippen molar-refractivity contribution in [1.29, 1.82) is 0 Å². The Labute approximate surface area is 131 Å². The van der Waals surface area contributed by atoms with Crippen molar-refractivity contribution in [2.75, 3.05) is 0 Å². The first-order valence-corrected chi connectivity index (χ1v) is 7.35. The zero-order valence-electron chi connectivity index (χ0n) is 12.1. The van der Waals surface area contributed by atoms with Crippen LogP contribution in [-0.4, -0.2) is 19.5 Å². The van der Waals surface area contributed by atoms with Gasteiger partial charge in [0.15, 0.2) is 5.82 Å². The summed E-state index contributed by atoms with van der Waals surface area (Å²) in [5, 5.41) is 14.5. The fourth-order valence-electron chi connectivity index (χ4n) is 3.05. The minimum absolute atomic E-state index is 0.247. The third-order valence-electron chi connectivity index (χ3n) is 4.15. The first-order chi connectivity index (χ1) is 11.1. The molecule has 0 aliphatic carbocycles. The van der Waals surface area contributed by atoms with Gasteiger partial charge in [-0.2, -0.15) is 4.68 Å². The number of aromatic nitrogens is 3. The average molecular weight is 311 g/mol. The molecule has 0 saturated heterocycles. The lowest BCUT2D eigenvalue weighted by molar-refractivity contribution is 0.170. The molecular formula is C17H14FN3O2. The van der Waals surface area contributed by atoms with Gasteiger partial charge in [-0.1, -0.05) is 30.3 Å².